The molecule has 1 aliphatic rings. The number of halogens is 1. The molecule has 1 aromatic rings. The van der Waals surface area contributed by atoms with Gasteiger partial charge in [-0.2, -0.15) is 0 Å². The van der Waals surface area contributed by atoms with Crippen LogP contribution in [0.3, 0.4) is 0 Å². The second kappa shape index (κ2) is 5.83. The maximum atomic E-state index is 6.14. The molecule has 1 fully saturated rings. The first-order valence-electron chi connectivity index (χ1n) is 6.70. The van der Waals surface area contributed by atoms with Crippen LogP contribution >= 0.6 is 11.6 Å². The van der Waals surface area contributed by atoms with Crippen molar-refractivity contribution in [1.29, 1.82) is 0 Å². The summed E-state index contributed by atoms with van der Waals surface area (Å²) in [5.74, 6) is 2.31. The van der Waals surface area contributed by atoms with Gasteiger partial charge < -0.3 is 10.1 Å². The predicted octanol–water partition coefficient (Wildman–Crippen LogP) is 4.59. The van der Waals surface area contributed by atoms with Gasteiger partial charge in [-0.15, -0.1) is 0 Å². The van der Waals surface area contributed by atoms with Crippen LogP contribution in [0.1, 0.15) is 33.1 Å². The number of anilines is 1. The third kappa shape index (κ3) is 3.11. The molecule has 1 N–H and O–H groups in total. The van der Waals surface area contributed by atoms with Gasteiger partial charge in [0.2, 0.25) is 0 Å². The molecule has 1 aromatic carbocycles. The highest BCUT2D eigenvalue weighted by Crippen LogP contribution is 2.32. The highest BCUT2D eigenvalue weighted by Gasteiger charge is 2.25. The first-order valence-corrected chi connectivity index (χ1v) is 7.08. The Labute approximate surface area is 115 Å². The number of benzene rings is 1. The molecule has 1 saturated carbocycles. The number of hydrogen-bond acceptors (Lipinski definition) is 2. The topological polar surface area (TPSA) is 21.3 Å². The molecule has 18 heavy (non-hydrogen) atoms. The van der Waals surface area contributed by atoms with E-state index >= 15 is 0 Å². The average molecular weight is 268 g/mol. The Kier molecular flexibility index (Phi) is 4.39. The zero-order valence-corrected chi connectivity index (χ0v) is 12.1. The van der Waals surface area contributed by atoms with Crippen molar-refractivity contribution >= 4 is 17.3 Å². The van der Waals surface area contributed by atoms with Crippen molar-refractivity contribution in [3.63, 3.8) is 0 Å². The Morgan fingerprint density at radius 3 is 2.67 bits per heavy atom. The molecular weight excluding hydrogens is 246 g/mol. The van der Waals surface area contributed by atoms with Crippen LogP contribution in [0.4, 0.5) is 5.69 Å². The van der Waals surface area contributed by atoms with Crippen LogP contribution in [-0.4, -0.2) is 13.2 Å². The lowest BCUT2D eigenvalue weighted by Crippen LogP contribution is -2.32. The molecule has 2 nitrogen and oxygen atoms in total. The van der Waals surface area contributed by atoms with Gasteiger partial charge in [0.15, 0.2) is 0 Å². The van der Waals surface area contributed by atoms with Crippen molar-refractivity contribution in [1.82, 2.24) is 0 Å². The number of rotatable bonds is 3. The molecule has 1 aliphatic carbocycles. The quantitative estimate of drug-likeness (QED) is 0.865. The van der Waals surface area contributed by atoms with Crippen molar-refractivity contribution in [2.45, 2.75) is 39.2 Å². The van der Waals surface area contributed by atoms with E-state index in [1.54, 1.807) is 7.11 Å². The van der Waals surface area contributed by atoms with E-state index in [-0.39, 0.29) is 0 Å². The fraction of sp³-hybridized carbons (Fsp3) is 0.600. The van der Waals surface area contributed by atoms with Gasteiger partial charge in [-0.05, 0) is 49.3 Å². The van der Waals surface area contributed by atoms with Gasteiger partial charge in [-0.1, -0.05) is 25.4 Å². The molecule has 0 heterocycles. The fourth-order valence-electron chi connectivity index (χ4n) is 2.85. The molecule has 0 amide bonds. The average Bonchev–Trinajstić information content (AvgIpc) is 2.33. The van der Waals surface area contributed by atoms with Crippen molar-refractivity contribution in [3.8, 4) is 5.75 Å². The van der Waals surface area contributed by atoms with Gasteiger partial charge in [-0.25, -0.2) is 0 Å². The molecule has 3 unspecified atom stereocenters. The van der Waals surface area contributed by atoms with Crippen molar-refractivity contribution in [2.24, 2.45) is 11.8 Å². The Morgan fingerprint density at radius 2 is 2.06 bits per heavy atom. The summed E-state index contributed by atoms with van der Waals surface area (Å²) in [7, 11) is 1.64. The zero-order valence-electron chi connectivity index (χ0n) is 11.4. The summed E-state index contributed by atoms with van der Waals surface area (Å²) in [4.78, 5) is 0. The molecule has 2 rings (SSSR count). The first kappa shape index (κ1) is 13.5. The lowest BCUT2D eigenvalue weighted by Gasteiger charge is -2.33. The molecule has 0 aromatic heterocycles. The van der Waals surface area contributed by atoms with E-state index in [0.29, 0.717) is 11.1 Å². The summed E-state index contributed by atoms with van der Waals surface area (Å²) in [6.07, 6.45) is 3.86. The maximum absolute atomic E-state index is 6.14. The summed E-state index contributed by atoms with van der Waals surface area (Å²) >= 11 is 6.14. The van der Waals surface area contributed by atoms with Gasteiger partial charge in [0, 0.05) is 11.7 Å². The summed E-state index contributed by atoms with van der Waals surface area (Å²) in [6, 6.07) is 6.46. The highest BCUT2D eigenvalue weighted by atomic mass is 35.5. The van der Waals surface area contributed by atoms with E-state index in [1.807, 2.05) is 18.2 Å². The van der Waals surface area contributed by atoms with E-state index in [4.69, 9.17) is 16.3 Å². The van der Waals surface area contributed by atoms with Gasteiger partial charge in [0.25, 0.3) is 0 Å². The largest absolute Gasteiger partial charge is 0.495 e. The smallest absolute Gasteiger partial charge is 0.137 e. The monoisotopic (exact) mass is 267 g/mol. The van der Waals surface area contributed by atoms with Crippen LogP contribution in [0.5, 0.6) is 5.75 Å². The third-order valence-corrected chi connectivity index (χ3v) is 4.23. The first-order chi connectivity index (χ1) is 8.60. The second-order valence-corrected chi connectivity index (χ2v) is 5.90. The Morgan fingerprint density at radius 1 is 1.28 bits per heavy atom. The fourth-order valence-corrected chi connectivity index (χ4v) is 3.11. The zero-order chi connectivity index (χ0) is 13.1. The van der Waals surface area contributed by atoms with Crippen LogP contribution in [0, 0.1) is 11.8 Å². The SMILES string of the molecule is COc1ccc(NC2CCC(C)CC2C)cc1Cl. The molecular formula is C15H22ClNO. The van der Waals surface area contributed by atoms with Gasteiger partial charge in [0.05, 0.1) is 12.1 Å². The normalized spacial score (nSPS) is 27.9. The Hall–Kier alpha value is -0.890. The minimum Gasteiger partial charge on any atom is -0.495 e. The van der Waals surface area contributed by atoms with E-state index < -0.39 is 0 Å². The molecule has 0 bridgehead atoms. The molecule has 3 atom stereocenters. The van der Waals surface area contributed by atoms with E-state index in [9.17, 15) is 0 Å². The predicted molar refractivity (Wildman–Crippen MR) is 77.6 cm³/mol. The maximum Gasteiger partial charge on any atom is 0.137 e. The van der Waals surface area contributed by atoms with E-state index in [1.165, 1.54) is 19.3 Å². The third-order valence-electron chi connectivity index (χ3n) is 3.94. The standard InChI is InChI=1S/C15H22ClNO/c1-10-4-6-14(11(2)8-10)17-12-5-7-15(18-3)13(16)9-12/h5,7,9-11,14,17H,4,6,8H2,1-3H3. The van der Waals surface area contributed by atoms with Gasteiger partial charge in [0.1, 0.15) is 5.75 Å². The van der Waals surface area contributed by atoms with Crippen LogP contribution in [0.25, 0.3) is 0 Å². The molecule has 0 saturated heterocycles. The van der Waals surface area contributed by atoms with E-state index in [0.717, 1.165) is 23.3 Å². The van der Waals surface area contributed by atoms with Gasteiger partial charge >= 0.3 is 0 Å². The molecule has 0 spiro atoms. The lowest BCUT2D eigenvalue weighted by atomic mass is 9.80. The van der Waals surface area contributed by atoms with Crippen LogP contribution in [0.15, 0.2) is 18.2 Å². The summed E-state index contributed by atoms with van der Waals surface area (Å²) < 4.78 is 5.17. The van der Waals surface area contributed by atoms with Gasteiger partial charge in [-0.3, -0.25) is 0 Å². The Balaban J connectivity index is 2.03. The molecule has 0 aliphatic heterocycles. The second-order valence-electron chi connectivity index (χ2n) is 5.50. The van der Waals surface area contributed by atoms with Crippen molar-refractivity contribution in [2.75, 3.05) is 12.4 Å². The van der Waals surface area contributed by atoms with E-state index in [2.05, 4.69) is 19.2 Å². The minimum absolute atomic E-state index is 0.561. The Bertz CT molecular complexity index is 407. The van der Waals surface area contributed by atoms with Crippen LogP contribution in [0.2, 0.25) is 5.02 Å². The molecule has 0 radical (unpaired) electrons. The number of methoxy groups -OCH3 is 1. The van der Waals surface area contributed by atoms with Crippen LogP contribution in [-0.2, 0) is 0 Å². The summed E-state index contributed by atoms with van der Waals surface area (Å²) in [5.41, 5.74) is 1.09. The molecule has 3 heteroatoms. The summed E-state index contributed by atoms with van der Waals surface area (Å²) in [6.45, 7) is 4.68. The number of hydrogen-bond donors (Lipinski definition) is 1. The minimum atomic E-state index is 0.561. The van der Waals surface area contributed by atoms with Crippen molar-refractivity contribution in [3.05, 3.63) is 23.2 Å². The number of nitrogens with one attached hydrogen (secondary N) is 1. The molecule has 100 valence electrons. The number of ether oxygens (including phenoxy) is 1. The van der Waals surface area contributed by atoms with Crippen LogP contribution < -0.4 is 10.1 Å². The highest BCUT2D eigenvalue weighted by molar-refractivity contribution is 6.32. The summed E-state index contributed by atoms with van der Waals surface area (Å²) in [5, 5.41) is 4.27. The van der Waals surface area contributed by atoms with Crippen molar-refractivity contribution < 1.29 is 4.74 Å². The lowest BCUT2D eigenvalue weighted by molar-refractivity contribution is 0.276.